The van der Waals surface area contributed by atoms with Crippen molar-refractivity contribution < 1.29 is 32.3 Å². The van der Waals surface area contributed by atoms with Gasteiger partial charge in [0, 0.05) is 16.7 Å². The van der Waals surface area contributed by atoms with E-state index in [9.17, 15) is 27.6 Å². The zero-order valence-electron chi connectivity index (χ0n) is 27.7. The molecule has 0 radical (unpaired) electrons. The fourth-order valence-electron chi connectivity index (χ4n) is 5.05. The summed E-state index contributed by atoms with van der Waals surface area (Å²) in [5.41, 5.74) is 3.84. The van der Waals surface area contributed by atoms with Gasteiger partial charge in [-0.15, -0.1) is 10.2 Å². The van der Waals surface area contributed by atoms with Gasteiger partial charge in [0.25, 0.3) is 15.9 Å². The summed E-state index contributed by atoms with van der Waals surface area (Å²) in [4.78, 5) is 54.2. The summed E-state index contributed by atoms with van der Waals surface area (Å²) >= 11 is 0.528. The van der Waals surface area contributed by atoms with Crippen LogP contribution in [0.3, 0.4) is 0 Å². The van der Waals surface area contributed by atoms with Gasteiger partial charge < -0.3 is 4.74 Å². The van der Waals surface area contributed by atoms with E-state index in [1.165, 1.54) is 4.68 Å². The van der Waals surface area contributed by atoms with Crippen LogP contribution < -0.4 is 15.9 Å². The molecule has 15 nitrogen and oxygen atoms in total. The number of amides is 1. The van der Waals surface area contributed by atoms with E-state index in [1.807, 2.05) is 0 Å². The molecule has 17 heteroatoms. The third kappa shape index (κ3) is 8.12. The molecule has 266 valence electrons. The van der Waals surface area contributed by atoms with E-state index in [1.54, 1.807) is 122 Å². The Labute approximate surface area is 306 Å². The maximum absolute atomic E-state index is 14.3. The van der Waals surface area contributed by atoms with E-state index in [-0.39, 0.29) is 39.8 Å². The number of hydrazone groups is 1. The van der Waals surface area contributed by atoms with Crippen LogP contribution in [-0.4, -0.2) is 64.2 Å². The molecule has 0 spiro atoms. The number of ether oxygens (including phenoxy) is 1. The van der Waals surface area contributed by atoms with Crippen molar-refractivity contribution in [3.05, 3.63) is 138 Å². The molecule has 0 aliphatic carbocycles. The molecule has 2 heterocycles. The SMILES string of the molecule is CCOC(=O)/C(=N/Nc1cccc(-n2nc(C(=O)Nc3nnc(S(N)(=O)=O)s3)c(C(=O)c3ccccc3)c2-c2ccccc2)c1)C(=O)c1ccccc1. The Hall–Kier alpha value is -6.69. The van der Waals surface area contributed by atoms with Crippen molar-refractivity contribution >= 4 is 61.3 Å². The van der Waals surface area contributed by atoms with Gasteiger partial charge in [-0.1, -0.05) is 108 Å². The summed E-state index contributed by atoms with van der Waals surface area (Å²) in [6, 6.07) is 31.7. The lowest BCUT2D eigenvalue weighted by molar-refractivity contribution is -0.134. The van der Waals surface area contributed by atoms with Crippen LogP contribution in [0.5, 0.6) is 0 Å². The number of Topliss-reactive ketones (excluding diaryl/α,β-unsaturated/α-hetero) is 1. The Balaban J connectivity index is 1.47. The number of primary sulfonamides is 1. The van der Waals surface area contributed by atoms with Crippen molar-refractivity contribution in [1.29, 1.82) is 0 Å². The predicted octanol–water partition coefficient (Wildman–Crippen LogP) is 4.74. The number of sulfonamides is 1. The zero-order chi connectivity index (χ0) is 37.5. The van der Waals surface area contributed by atoms with Crippen LogP contribution in [0.4, 0.5) is 10.8 Å². The molecule has 0 unspecified atom stereocenters. The standard InChI is InChI=1S/C36H28N8O7S2/c1-2-51-34(48)29(32(46)24-17-10-5-11-18-24)40-39-25-19-12-20-26(21-25)44-30(22-13-6-3-7-14-22)27(31(45)23-15-8-4-9-16-23)28(43-44)33(47)38-35-41-42-36(52-35)53(37,49)50/h3-21,39H,2H2,1H3,(H2,37,49,50)(H,38,41,47)/b40-29+. The lowest BCUT2D eigenvalue weighted by Crippen LogP contribution is -2.27. The number of nitrogens with zero attached hydrogens (tertiary/aromatic N) is 5. The molecule has 0 saturated heterocycles. The Morgan fingerprint density at radius 2 is 1.49 bits per heavy atom. The molecular weight excluding hydrogens is 721 g/mol. The largest absolute Gasteiger partial charge is 0.461 e. The highest BCUT2D eigenvalue weighted by Crippen LogP contribution is 2.33. The molecular formula is C36H28N8O7S2. The molecule has 0 aliphatic heterocycles. The molecule has 0 fully saturated rings. The number of nitrogens with one attached hydrogen (secondary N) is 2. The lowest BCUT2D eigenvalue weighted by atomic mass is 9.97. The number of aromatic nitrogens is 4. The first-order valence-corrected chi connectivity index (χ1v) is 18.1. The number of anilines is 2. The van der Waals surface area contributed by atoms with Gasteiger partial charge in [0.2, 0.25) is 21.0 Å². The highest BCUT2D eigenvalue weighted by Gasteiger charge is 2.31. The first kappa shape index (κ1) is 36.1. The van der Waals surface area contributed by atoms with Crippen molar-refractivity contribution in [2.24, 2.45) is 10.2 Å². The van der Waals surface area contributed by atoms with Gasteiger partial charge in [-0.2, -0.15) is 10.2 Å². The Bertz CT molecular complexity index is 2470. The highest BCUT2D eigenvalue weighted by molar-refractivity contribution is 7.91. The summed E-state index contributed by atoms with van der Waals surface area (Å²) in [5.74, 6) is -2.98. The Kier molecular flexibility index (Phi) is 10.7. The van der Waals surface area contributed by atoms with Crippen LogP contribution in [0.25, 0.3) is 16.9 Å². The molecule has 6 rings (SSSR count). The second-order valence-electron chi connectivity index (χ2n) is 11.0. The highest BCUT2D eigenvalue weighted by atomic mass is 32.2. The number of carbonyl (C=O) groups is 4. The van der Waals surface area contributed by atoms with Crippen LogP contribution in [0.2, 0.25) is 0 Å². The number of benzene rings is 4. The molecule has 1 amide bonds. The summed E-state index contributed by atoms with van der Waals surface area (Å²) in [6.07, 6.45) is 0. The number of esters is 1. The molecule has 4 aromatic carbocycles. The summed E-state index contributed by atoms with van der Waals surface area (Å²) in [7, 11) is -4.20. The summed E-state index contributed by atoms with van der Waals surface area (Å²) in [5, 5.41) is 23.4. The molecule has 53 heavy (non-hydrogen) atoms. The van der Waals surface area contributed by atoms with Crippen molar-refractivity contribution in [3.63, 3.8) is 0 Å². The third-order valence-electron chi connectivity index (χ3n) is 7.39. The average molecular weight is 749 g/mol. The van der Waals surface area contributed by atoms with E-state index >= 15 is 0 Å². The number of nitrogens with two attached hydrogens (primary N) is 1. The first-order chi connectivity index (χ1) is 25.5. The van der Waals surface area contributed by atoms with Crippen molar-refractivity contribution in [1.82, 2.24) is 20.0 Å². The summed E-state index contributed by atoms with van der Waals surface area (Å²) < 4.78 is 29.6. The molecule has 0 bridgehead atoms. The van der Waals surface area contributed by atoms with Gasteiger partial charge >= 0.3 is 5.97 Å². The van der Waals surface area contributed by atoms with E-state index in [0.29, 0.717) is 28.3 Å². The quantitative estimate of drug-likeness (QED) is 0.0366. The number of hydrogen-bond acceptors (Lipinski definition) is 13. The Morgan fingerprint density at radius 1 is 0.849 bits per heavy atom. The molecule has 2 aromatic heterocycles. The third-order valence-corrected chi connectivity index (χ3v) is 9.54. The van der Waals surface area contributed by atoms with Crippen LogP contribution in [0.15, 0.2) is 125 Å². The van der Waals surface area contributed by atoms with Crippen molar-refractivity contribution in [2.45, 2.75) is 11.3 Å². The normalized spacial score (nSPS) is 11.5. The van der Waals surface area contributed by atoms with Crippen LogP contribution in [-0.2, 0) is 19.6 Å². The summed E-state index contributed by atoms with van der Waals surface area (Å²) in [6.45, 7) is 1.62. The molecule has 0 atom stereocenters. The number of rotatable bonds is 13. The van der Waals surface area contributed by atoms with Crippen LogP contribution >= 0.6 is 11.3 Å². The maximum Gasteiger partial charge on any atom is 0.362 e. The number of ketones is 2. The fraction of sp³-hybridized carbons (Fsp3) is 0.0556. The van der Waals surface area contributed by atoms with Crippen LogP contribution in [0, 0.1) is 0 Å². The predicted molar refractivity (Wildman–Crippen MR) is 197 cm³/mol. The lowest BCUT2D eigenvalue weighted by Gasteiger charge is -2.12. The molecule has 0 aliphatic rings. The van der Waals surface area contributed by atoms with Gasteiger partial charge in [-0.3, -0.25) is 25.1 Å². The first-order valence-electron chi connectivity index (χ1n) is 15.7. The monoisotopic (exact) mass is 748 g/mol. The van der Waals surface area contributed by atoms with E-state index in [0.717, 1.165) is 0 Å². The van der Waals surface area contributed by atoms with Gasteiger partial charge in [0.15, 0.2) is 11.5 Å². The van der Waals surface area contributed by atoms with Gasteiger partial charge in [-0.05, 0) is 25.1 Å². The maximum atomic E-state index is 14.3. The minimum Gasteiger partial charge on any atom is -0.461 e. The number of hydrogen-bond donors (Lipinski definition) is 3. The van der Waals surface area contributed by atoms with Crippen LogP contribution in [0.1, 0.15) is 43.7 Å². The van der Waals surface area contributed by atoms with Gasteiger partial charge in [-0.25, -0.2) is 23.0 Å². The van der Waals surface area contributed by atoms with Gasteiger partial charge in [0.1, 0.15) is 0 Å². The number of carbonyl (C=O) groups excluding carboxylic acids is 4. The second-order valence-corrected chi connectivity index (χ2v) is 13.7. The van der Waals surface area contributed by atoms with E-state index in [4.69, 9.17) is 9.88 Å². The topological polar surface area (TPSA) is 218 Å². The minimum atomic E-state index is -4.20. The van der Waals surface area contributed by atoms with Crippen molar-refractivity contribution in [3.8, 4) is 16.9 Å². The average Bonchev–Trinajstić information content (AvgIpc) is 3.82. The fourth-order valence-corrected chi connectivity index (χ4v) is 6.38. The van der Waals surface area contributed by atoms with Gasteiger partial charge in [0.05, 0.1) is 29.2 Å². The van der Waals surface area contributed by atoms with Crippen molar-refractivity contribution in [2.75, 3.05) is 17.3 Å². The smallest absolute Gasteiger partial charge is 0.362 e. The molecule has 0 saturated carbocycles. The minimum absolute atomic E-state index is 0.0171. The molecule has 6 aromatic rings. The zero-order valence-corrected chi connectivity index (χ0v) is 29.3. The van der Waals surface area contributed by atoms with E-state index in [2.05, 4.69) is 31.1 Å². The Morgan fingerprint density at radius 3 is 2.11 bits per heavy atom. The van der Waals surface area contributed by atoms with E-state index < -0.39 is 43.5 Å². The second kappa shape index (κ2) is 15.7. The molecule has 4 N–H and O–H groups in total.